The third-order valence-electron chi connectivity index (χ3n) is 4.10. The SMILES string of the molecule is O=[S+]([O-])(NC1CCCN(c2ccnc3ccnn23)C1)c1cccs1. The molecule has 7 nitrogen and oxygen atoms in total. The molecule has 0 saturated carbocycles. The van der Waals surface area contributed by atoms with Gasteiger partial charge < -0.3 is 9.45 Å². The number of sulfonamides is 1. The van der Waals surface area contributed by atoms with E-state index < -0.39 is 10.4 Å². The predicted molar refractivity (Wildman–Crippen MR) is 92.8 cm³/mol. The van der Waals surface area contributed by atoms with Crippen molar-refractivity contribution in [3.8, 4) is 0 Å². The summed E-state index contributed by atoms with van der Waals surface area (Å²) in [7, 11) is -3.45. The lowest BCUT2D eigenvalue weighted by Gasteiger charge is -2.34. The lowest BCUT2D eigenvalue weighted by molar-refractivity contribution is 0.422. The molecule has 2 unspecified atom stereocenters. The first kappa shape index (κ1) is 15.7. The molecule has 2 atom stereocenters. The van der Waals surface area contributed by atoms with Crippen LogP contribution in [0, 0.1) is 0 Å². The molecule has 0 amide bonds. The first-order chi connectivity index (χ1) is 11.6. The first-order valence-corrected chi connectivity index (χ1v) is 10.1. The van der Waals surface area contributed by atoms with Crippen molar-refractivity contribution in [2.24, 2.45) is 0 Å². The normalized spacial score (nSPS) is 21.0. The highest BCUT2D eigenvalue weighted by molar-refractivity contribution is 7.97. The Morgan fingerprint density at radius 1 is 1.33 bits per heavy atom. The Hall–Kier alpha value is -1.81. The summed E-state index contributed by atoms with van der Waals surface area (Å²) in [4.78, 5) is 6.43. The fourth-order valence-corrected chi connectivity index (χ4v) is 5.31. The summed E-state index contributed by atoms with van der Waals surface area (Å²) in [5.74, 6) is 0.935. The number of piperidine rings is 1. The van der Waals surface area contributed by atoms with Gasteiger partial charge in [0.25, 0.3) is 0 Å². The molecule has 4 heterocycles. The van der Waals surface area contributed by atoms with Gasteiger partial charge in [-0.3, -0.25) is 0 Å². The Labute approximate surface area is 144 Å². The van der Waals surface area contributed by atoms with Crippen LogP contribution in [0.1, 0.15) is 12.8 Å². The van der Waals surface area contributed by atoms with E-state index in [9.17, 15) is 8.76 Å². The third-order valence-corrected chi connectivity index (χ3v) is 7.02. The van der Waals surface area contributed by atoms with Crippen molar-refractivity contribution < 1.29 is 8.76 Å². The number of aromatic nitrogens is 3. The monoisotopic (exact) mass is 363 g/mol. The Morgan fingerprint density at radius 3 is 3.08 bits per heavy atom. The number of anilines is 1. The zero-order chi connectivity index (χ0) is 16.6. The van der Waals surface area contributed by atoms with Crippen LogP contribution < -0.4 is 9.62 Å². The van der Waals surface area contributed by atoms with Crippen LogP contribution in [0.2, 0.25) is 0 Å². The number of nitrogens with zero attached hydrogens (tertiary/aromatic N) is 4. The Kier molecular flexibility index (Phi) is 4.09. The number of hydrogen-bond acceptors (Lipinski definition) is 6. The largest absolute Gasteiger partial charge is 0.592 e. The topological polar surface area (TPSA) is 85.6 Å². The molecule has 0 radical (unpaired) electrons. The van der Waals surface area contributed by atoms with E-state index in [0.717, 1.165) is 30.9 Å². The van der Waals surface area contributed by atoms with E-state index in [-0.39, 0.29) is 6.04 Å². The van der Waals surface area contributed by atoms with E-state index in [1.165, 1.54) is 11.3 Å². The Morgan fingerprint density at radius 2 is 2.25 bits per heavy atom. The van der Waals surface area contributed by atoms with E-state index in [2.05, 4.69) is 19.7 Å². The Bertz CT molecular complexity index is 879. The van der Waals surface area contributed by atoms with E-state index >= 15 is 0 Å². The highest BCUT2D eigenvalue weighted by Gasteiger charge is 2.30. The molecular weight excluding hydrogens is 346 g/mol. The predicted octanol–water partition coefficient (Wildman–Crippen LogP) is 1.95. The number of thiophene rings is 1. The molecule has 1 saturated heterocycles. The van der Waals surface area contributed by atoms with Crippen molar-refractivity contribution in [2.75, 3.05) is 18.0 Å². The van der Waals surface area contributed by atoms with Gasteiger partial charge in [-0.1, -0.05) is 15.5 Å². The van der Waals surface area contributed by atoms with Crippen LogP contribution in [-0.4, -0.2) is 38.3 Å². The van der Waals surface area contributed by atoms with Gasteiger partial charge in [0.05, 0.1) is 12.2 Å². The van der Waals surface area contributed by atoms with Gasteiger partial charge in [0.15, 0.2) is 16.0 Å². The standard InChI is InChI=1S/C15H17N5O2S2/c21-24(22,15-4-2-10-23-15)18-12-3-1-9-19(11-12)14-6-7-16-13-5-8-17-20(13)14/h2,4-8,10,12H,1,3,9,11H2,(H-,18,21,22). The summed E-state index contributed by atoms with van der Waals surface area (Å²) in [6.45, 7) is 1.49. The van der Waals surface area contributed by atoms with Crippen molar-refractivity contribution in [3.63, 3.8) is 0 Å². The summed E-state index contributed by atoms with van der Waals surface area (Å²) in [5, 5.41) is 6.08. The second-order valence-corrected chi connectivity index (χ2v) is 8.63. The molecule has 1 aliphatic rings. The summed E-state index contributed by atoms with van der Waals surface area (Å²) >= 11 is 1.23. The molecule has 1 N–H and O–H groups in total. The number of fused-ring (bicyclic) bond motifs is 1. The molecule has 3 aromatic heterocycles. The number of rotatable bonds is 4. The molecule has 0 bridgehead atoms. The summed E-state index contributed by atoms with van der Waals surface area (Å²) in [5.41, 5.74) is 0.786. The smallest absolute Gasteiger partial charge is 0.228 e. The Balaban J connectivity index is 1.54. The summed E-state index contributed by atoms with van der Waals surface area (Å²) < 4.78 is 29.8. The highest BCUT2D eigenvalue weighted by Crippen LogP contribution is 2.24. The molecule has 1 aliphatic heterocycles. The molecule has 24 heavy (non-hydrogen) atoms. The van der Waals surface area contributed by atoms with Crippen molar-refractivity contribution >= 4 is 33.2 Å². The molecule has 126 valence electrons. The molecule has 1 fully saturated rings. The number of hydrogen-bond donors (Lipinski definition) is 1. The average Bonchev–Trinajstić information content (AvgIpc) is 3.26. The van der Waals surface area contributed by atoms with Gasteiger partial charge in [0.2, 0.25) is 4.21 Å². The minimum absolute atomic E-state index is 0.121. The lowest BCUT2D eigenvalue weighted by atomic mass is 10.1. The molecule has 0 aliphatic carbocycles. The molecule has 3 aromatic rings. The van der Waals surface area contributed by atoms with Crippen molar-refractivity contribution in [3.05, 3.63) is 42.0 Å². The van der Waals surface area contributed by atoms with E-state index in [0.29, 0.717) is 10.8 Å². The second kappa shape index (κ2) is 6.25. The third kappa shape index (κ3) is 2.95. The molecule has 4 rings (SSSR count). The maximum atomic E-state index is 12.4. The minimum atomic E-state index is -3.45. The zero-order valence-corrected chi connectivity index (χ0v) is 14.5. The van der Waals surface area contributed by atoms with Crippen molar-refractivity contribution in [1.29, 1.82) is 0 Å². The first-order valence-electron chi connectivity index (χ1n) is 7.73. The second-order valence-electron chi connectivity index (χ2n) is 5.74. The zero-order valence-electron chi connectivity index (χ0n) is 12.9. The quantitative estimate of drug-likeness (QED) is 0.716. The lowest BCUT2D eigenvalue weighted by Crippen LogP contribution is -2.49. The number of nitrogens with one attached hydrogen (secondary N) is 1. The summed E-state index contributed by atoms with van der Waals surface area (Å²) in [6, 6.07) is 7.02. The van der Waals surface area contributed by atoms with Crippen LogP contribution in [-0.2, 0) is 14.6 Å². The van der Waals surface area contributed by atoms with Crippen LogP contribution in [0.3, 0.4) is 0 Å². The van der Waals surface area contributed by atoms with Crippen LogP contribution in [0.25, 0.3) is 5.65 Å². The molecule has 0 spiro atoms. The van der Waals surface area contributed by atoms with Gasteiger partial charge in [-0.15, -0.1) is 4.72 Å². The van der Waals surface area contributed by atoms with Gasteiger partial charge in [-0.05, 0) is 30.4 Å². The van der Waals surface area contributed by atoms with E-state index in [1.807, 2.05) is 12.1 Å². The van der Waals surface area contributed by atoms with Crippen LogP contribution in [0.5, 0.6) is 0 Å². The van der Waals surface area contributed by atoms with Crippen LogP contribution in [0.15, 0.2) is 46.2 Å². The maximum Gasteiger partial charge on any atom is 0.228 e. The van der Waals surface area contributed by atoms with E-state index in [1.54, 1.807) is 34.4 Å². The van der Waals surface area contributed by atoms with Gasteiger partial charge in [-0.2, -0.15) is 9.61 Å². The van der Waals surface area contributed by atoms with Crippen molar-refractivity contribution in [1.82, 2.24) is 19.3 Å². The van der Waals surface area contributed by atoms with Crippen LogP contribution >= 0.6 is 11.3 Å². The van der Waals surface area contributed by atoms with E-state index in [4.69, 9.17) is 0 Å². The summed E-state index contributed by atoms with van der Waals surface area (Å²) in [6.07, 6.45) is 5.22. The fraction of sp³-hybridized carbons (Fsp3) is 0.333. The van der Waals surface area contributed by atoms with Gasteiger partial charge in [0.1, 0.15) is 5.82 Å². The van der Waals surface area contributed by atoms with Crippen LogP contribution in [0.4, 0.5) is 5.82 Å². The average molecular weight is 363 g/mol. The van der Waals surface area contributed by atoms with Crippen molar-refractivity contribution in [2.45, 2.75) is 23.1 Å². The van der Waals surface area contributed by atoms with Gasteiger partial charge in [0, 0.05) is 31.4 Å². The molecule has 9 heteroatoms. The van der Waals surface area contributed by atoms with Gasteiger partial charge in [-0.25, -0.2) is 4.98 Å². The van der Waals surface area contributed by atoms with Gasteiger partial charge >= 0.3 is 0 Å². The molecule has 0 aromatic carbocycles. The minimum Gasteiger partial charge on any atom is -0.592 e. The molecular formula is C15H17N5O2S2. The fourth-order valence-electron chi connectivity index (χ4n) is 3.04. The highest BCUT2D eigenvalue weighted by atomic mass is 32.3. The maximum absolute atomic E-state index is 12.4.